The molecule has 0 saturated heterocycles. The van der Waals surface area contributed by atoms with Crippen LogP contribution in [-0.2, 0) is 0 Å². The Morgan fingerprint density at radius 1 is 1.47 bits per heavy atom. The van der Waals surface area contributed by atoms with Crippen LogP contribution in [0.2, 0.25) is 0 Å². The highest BCUT2D eigenvalue weighted by Gasteiger charge is 2.05. The molecular formula is C9H6BrN5. The van der Waals surface area contributed by atoms with Crippen molar-refractivity contribution < 1.29 is 0 Å². The molecule has 0 amide bonds. The predicted octanol–water partition coefficient (Wildman–Crippen LogP) is 1.60. The van der Waals surface area contributed by atoms with Crippen LogP contribution in [0.25, 0.3) is 5.95 Å². The number of hydrogen-bond acceptors (Lipinski definition) is 4. The van der Waals surface area contributed by atoms with Gasteiger partial charge in [-0.15, -0.1) is 0 Å². The van der Waals surface area contributed by atoms with E-state index in [-0.39, 0.29) is 0 Å². The van der Waals surface area contributed by atoms with Crippen molar-refractivity contribution in [3.8, 4) is 12.0 Å². The van der Waals surface area contributed by atoms with Crippen molar-refractivity contribution in [3.63, 3.8) is 0 Å². The molecule has 5 nitrogen and oxygen atoms in total. The van der Waals surface area contributed by atoms with Crippen LogP contribution in [0.3, 0.4) is 0 Å². The molecule has 0 saturated carbocycles. The average Bonchev–Trinajstić information content (AvgIpc) is 2.64. The van der Waals surface area contributed by atoms with Gasteiger partial charge in [0.1, 0.15) is 16.4 Å². The van der Waals surface area contributed by atoms with E-state index in [0.29, 0.717) is 16.2 Å². The van der Waals surface area contributed by atoms with Crippen LogP contribution >= 0.6 is 15.9 Å². The van der Waals surface area contributed by atoms with Crippen molar-refractivity contribution in [3.05, 3.63) is 34.3 Å². The van der Waals surface area contributed by atoms with E-state index >= 15 is 0 Å². The Kier molecular flexibility index (Phi) is 2.47. The van der Waals surface area contributed by atoms with E-state index in [1.807, 2.05) is 13.0 Å². The van der Waals surface area contributed by atoms with Gasteiger partial charge in [-0.2, -0.15) is 10.4 Å². The molecule has 0 spiro atoms. The highest BCUT2D eigenvalue weighted by atomic mass is 79.9. The van der Waals surface area contributed by atoms with Gasteiger partial charge in [0.05, 0.1) is 0 Å². The fraction of sp³-hybridized carbons (Fsp3) is 0.111. The molecule has 2 heterocycles. The second-order valence-electron chi connectivity index (χ2n) is 2.89. The van der Waals surface area contributed by atoms with Gasteiger partial charge in [0.15, 0.2) is 0 Å². The molecule has 0 radical (unpaired) electrons. The molecule has 2 aromatic rings. The lowest BCUT2D eigenvalue weighted by molar-refractivity contribution is 0.792. The van der Waals surface area contributed by atoms with E-state index in [1.165, 1.54) is 4.68 Å². The number of aryl methyl sites for hydroxylation is 1. The first-order valence-corrected chi connectivity index (χ1v) is 4.95. The van der Waals surface area contributed by atoms with E-state index in [0.717, 1.165) is 5.69 Å². The van der Waals surface area contributed by atoms with E-state index in [9.17, 15) is 0 Å². The second-order valence-corrected chi connectivity index (χ2v) is 3.70. The van der Waals surface area contributed by atoms with Gasteiger partial charge in [0, 0.05) is 11.9 Å². The van der Waals surface area contributed by atoms with Crippen molar-refractivity contribution in [2.45, 2.75) is 6.92 Å². The molecule has 0 unspecified atom stereocenters. The maximum Gasteiger partial charge on any atom is 0.252 e. The van der Waals surface area contributed by atoms with Crippen molar-refractivity contribution in [1.82, 2.24) is 19.7 Å². The molecule has 2 rings (SSSR count). The van der Waals surface area contributed by atoms with Gasteiger partial charge in [0.2, 0.25) is 0 Å². The topological polar surface area (TPSA) is 67.4 Å². The maximum absolute atomic E-state index is 8.76. The molecule has 74 valence electrons. The number of nitriles is 1. The molecule has 0 aliphatic heterocycles. The van der Waals surface area contributed by atoms with Gasteiger partial charge in [-0.3, -0.25) is 0 Å². The zero-order valence-electron chi connectivity index (χ0n) is 7.85. The first-order chi connectivity index (χ1) is 7.19. The van der Waals surface area contributed by atoms with Crippen molar-refractivity contribution >= 4 is 15.9 Å². The molecule has 0 N–H and O–H groups in total. The van der Waals surface area contributed by atoms with Crippen LogP contribution in [0.4, 0.5) is 0 Å². The maximum atomic E-state index is 8.76. The normalized spacial score (nSPS) is 9.93. The Morgan fingerprint density at radius 2 is 2.27 bits per heavy atom. The van der Waals surface area contributed by atoms with Gasteiger partial charge >= 0.3 is 0 Å². The van der Waals surface area contributed by atoms with Gasteiger partial charge < -0.3 is 0 Å². The zero-order valence-corrected chi connectivity index (χ0v) is 9.43. The summed E-state index contributed by atoms with van der Waals surface area (Å²) in [4.78, 5) is 8.23. The van der Waals surface area contributed by atoms with E-state index < -0.39 is 0 Å². The Hall–Kier alpha value is -1.74. The number of aromatic nitrogens is 4. The summed E-state index contributed by atoms with van der Waals surface area (Å²) in [5.41, 5.74) is 1.08. The summed E-state index contributed by atoms with van der Waals surface area (Å²) < 4.78 is 2.21. The largest absolute Gasteiger partial charge is 0.252 e. The summed E-state index contributed by atoms with van der Waals surface area (Å²) in [5, 5.41) is 12.9. The third kappa shape index (κ3) is 2.02. The highest BCUT2D eigenvalue weighted by molar-refractivity contribution is 9.10. The van der Waals surface area contributed by atoms with Crippen LogP contribution in [0.15, 0.2) is 22.9 Å². The predicted molar refractivity (Wildman–Crippen MR) is 56.3 cm³/mol. The summed E-state index contributed by atoms with van der Waals surface area (Å²) in [6.07, 6.45) is 1.72. The van der Waals surface area contributed by atoms with Crippen molar-refractivity contribution in [1.29, 1.82) is 5.26 Å². The fourth-order valence-corrected chi connectivity index (χ4v) is 1.41. The summed E-state index contributed by atoms with van der Waals surface area (Å²) in [7, 11) is 0. The lowest BCUT2D eigenvalue weighted by Gasteiger charge is -2.00. The number of hydrogen-bond donors (Lipinski definition) is 0. The molecule has 0 atom stereocenters. The minimum absolute atomic E-state index is 0.337. The minimum Gasteiger partial charge on any atom is -0.216 e. The van der Waals surface area contributed by atoms with E-state index in [2.05, 4.69) is 31.0 Å². The molecule has 0 bridgehead atoms. The van der Waals surface area contributed by atoms with Crippen LogP contribution in [0, 0.1) is 18.3 Å². The van der Waals surface area contributed by atoms with Crippen LogP contribution in [0.1, 0.15) is 11.4 Å². The van der Waals surface area contributed by atoms with Gasteiger partial charge in [-0.05, 0) is 35.0 Å². The van der Waals surface area contributed by atoms with E-state index in [1.54, 1.807) is 18.3 Å². The second kappa shape index (κ2) is 3.79. The summed E-state index contributed by atoms with van der Waals surface area (Å²) in [6.45, 7) is 1.81. The minimum atomic E-state index is 0.337. The monoisotopic (exact) mass is 263 g/mol. The third-order valence-electron chi connectivity index (χ3n) is 1.72. The quantitative estimate of drug-likeness (QED) is 0.784. The lowest BCUT2D eigenvalue weighted by Crippen LogP contribution is -2.04. The average molecular weight is 264 g/mol. The molecule has 0 aromatic carbocycles. The number of rotatable bonds is 1. The first kappa shape index (κ1) is 9.80. The summed E-state index contributed by atoms with van der Waals surface area (Å²) in [6, 6.07) is 5.38. The molecule has 6 heteroatoms. The SMILES string of the molecule is Cc1cc(C#N)nc(-n2ccc(Br)n2)n1. The molecule has 2 aromatic heterocycles. The number of nitrogens with zero attached hydrogens (tertiary/aromatic N) is 5. The molecule has 0 fully saturated rings. The molecular weight excluding hydrogens is 258 g/mol. The fourth-order valence-electron chi connectivity index (χ4n) is 1.13. The van der Waals surface area contributed by atoms with Crippen LogP contribution in [0.5, 0.6) is 0 Å². The third-order valence-corrected chi connectivity index (χ3v) is 2.14. The smallest absolute Gasteiger partial charge is 0.216 e. The van der Waals surface area contributed by atoms with Crippen LogP contribution < -0.4 is 0 Å². The van der Waals surface area contributed by atoms with Crippen LogP contribution in [-0.4, -0.2) is 19.7 Å². The standard InChI is InChI=1S/C9H6BrN5/c1-6-4-7(5-11)13-9(12-6)15-3-2-8(10)14-15/h2-4H,1H3. The number of halogens is 1. The summed E-state index contributed by atoms with van der Waals surface area (Å²) >= 11 is 3.23. The molecule has 0 aliphatic rings. The van der Waals surface area contributed by atoms with Crippen molar-refractivity contribution in [2.24, 2.45) is 0 Å². The highest BCUT2D eigenvalue weighted by Crippen LogP contribution is 2.08. The lowest BCUT2D eigenvalue weighted by atomic mass is 10.3. The van der Waals surface area contributed by atoms with Crippen molar-refractivity contribution in [2.75, 3.05) is 0 Å². The Morgan fingerprint density at radius 3 is 2.87 bits per heavy atom. The first-order valence-electron chi connectivity index (χ1n) is 4.16. The summed E-state index contributed by atoms with van der Waals surface area (Å²) in [5.74, 6) is 0.400. The molecule has 15 heavy (non-hydrogen) atoms. The Balaban J connectivity index is 2.54. The Bertz CT molecular complexity index is 540. The van der Waals surface area contributed by atoms with Gasteiger partial charge in [-0.25, -0.2) is 14.6 Å². The van der Waals surface area contributed by atoms with Gasteiger partial charge in [-0.1, -0.05) is 0 Å². The van der Waals surface area contributed by atoms with E-state index in [4.69, 9.17) is 5.26 Å². The zero-order chi connectivity index (χ0) is 10.8. The Labute approximate surface area is 94.5 Å². The van der Waals surface area contributed by atoms with Gasteiger partial charge in [0.25, 0.3) is 5.95 Å². The molecule has 0 aliphatic carbocycles.